The summed E-state index contributed by atoms with van der Waals surface area (Å²) in [6.45, 7) is 0. The van der Waals surface area contributed by atoms with Crippen LogP contribution in [-0.2, 0) is 0 Å². The Morgan fingerprint density at radius 1 is 1.55 bits per heavy atom. The van der Waals surface area contributed by atoms with E-state index in [1.54, 1.807) is 6.07 Å². The average molecular weight is 292 g/mol. The molecule has 0 aliphatic carbocycles. The van der Waals surface area contributed by atoms with Gasteiger partial charge in [0, 0.05) is 29.2 Å². The van der Waals surface area contributed by atoms with E-state index in [4.69, 9.17) is 5.73 Å². The number of nitro groups is 1. The Labute approximate surface area is 116 Å². The first-order chi connectivity index (χ1) is 9.58. The lowest BCUT2D eigenvalue weighted by atomic mass is 10.2. The molecule has 0 radical (unpaired) electrons. The van der Waals surface area contributed by atoms with Gasteiger partial charge in [0.05, 0.1) is 11.1 Å². The van der Waals surface area contributed by atoms with E-state index >= 15 is 0 Å². The maximum absolute atomic E-state index is 11.6. The van der Waals surface area contributed by atoms with Crippen LogP contribution in [0.25, 0.3) is 0 Å². The van der Waals surface area contributed by atoms with Crippen LogP contribution in [0.3, 0.4) is 0 Å². The third-order valence-corrected chi connectivity index (χ3v) is 2.74. The summed E-state index contributed by atoms with van der Waals surface area (Å²) >= 11 is 0.897. The maximum atomic E-state index is 11.6. The zero-order valence-corrected chi connectivity index (χ0v) is 10.7. The van der Waals surface area contributed by atoms with Crippen molar-refractivity contribution < 1.29 is 9.72 Å². The molecule has 10 heteroatoms. The predicted octanol–water partition coefficient (Wildman–Crippen LogP) is 0.792. The van der Waals surface area contributed by atoms with Gasteiger partial charge in [0.2, 0.25) is 0 Å². The molecular weight excluding hydrogens is 284 g/mol. The van der Waals surface area contributed by atoms with E-state index in [2.05, 4.69) is 20.1 Å². The Kier molecular flexibility index (Phi) is 3.96. The molecule has 0 fully saturated rings. The van der Waals surface area contributed by atoms with Crippen molar-refractivity contribution in [3.05, 3.63) is 45.6 Å². The number of carbonyl (C=O) groups excluding carboxylic acids is 1. The molecule has 1 heterocycles. The van der Waals surface area contributed by atoms with Gasteiger partial charge in [0.25, 0.3) is 11.6 Å². The number of hydrogen-bond acceptors (Lipinski definition) is 8. The normalized spacial score (nSPS) is 10.6. The van der Waals surface area contributed by atoms with Crippen LogP contribution in [-0.4, -0.2) is 26.6 Å². The molecule has 0 aliphatic heterocycles. The molecule has 1 aromatic heterocycles. The molecule has 20 heavy (non-hydrogen) atoms. The SMILES string of the molecule is Nc1snnc1C(=O)N/N=C/c1cccc([N+](=O)[O-])c1. The summed E-state index contributed by atoms with van der Waals surface area (Å²) in [6, 6.07) is 5.82. The van der Waals surface area contributed by atoms with E-state index < -0.39 is 10.8 Å². The van der Waals surface area contributed by atoms with Crippen LogP contribution in [0.2, 0.25) is 0 Å². The molecule has 2 rings (SSSR count). The van der Waals surface area contributed by atoms with Crippen molar-refractivity contribution in [1.29, 1.82) is 0 Å². The van der Waals surface area contributed by atoms with Gasteiger partial charge in [-0.2, -0.15) is 5.10 Å². The number of aromatic nitrogens is 2. The van der Waals surface area contributed by atoms with Gasteiger partial charge in [-0.05, 0) is 0 Å². The fourth-order valence-corrected chi connectivity index (χ4v) is 1.72. The number of hydrazone groups is 1. The number of nitrogens with zero attached hydrogens (tertiary/aromatic N) is 4. The van der Waals surface area contributed by atoms with Gasteiger partial charge in [-0.3, -0.25) is 14.9 Å². The summed E-state index contributed by atoms with van der Waals surface area (Å²) in [7, 11) is 0. The van der Waals surface area contributed by atoms with Gasteiger partial charge < -0.3 is 5.73 Å². The Hall–Kier alpha value is -2.88. The van der Waals surface area contributed by atoms with E-state index in [0.717, 1.165) is 11.5 Å². The number of nitrogens with two attached hydrogens (primary N) is 1. The third-order valence-electron chi connectivity index (χ3n) is 2.19. The largest absolute Gasteiger partial charge is 0.387 e. The standard InChI is InChI=1S/C10H8N6O3S/c11-9-8(13-15-20-9)10(17)14-12-5-6-2-1-3-7(4-6)16(18)19/h1-5H,11H2,(H,14,17)/b12-5+. The molecule has 3 N–H and O–H groups in total. The molecule has 9 nitrogen and oxygen atoms in total. The average Bonchev–Trinajstić information content (AvgIpc) is 2.85. The Bertz CT molecular complexity index is 683. The number of anilines is 1. The van der Waals surface area contributed by atoms with Gasteiger partial charge >= 0.3 is 0 Å². The van der Waals surface area contributed by atoms with Crippen LogP contribution in [0, 0.1) is 10.1 Å². The molecule has 0 saturated carbocycles. The number of nitrogen functional groups attached to an aromatic ring is 1. The molecule has 1 amide bonds. The summed E-state index contributed by atoms with van der Waals surface area (Å²) in [5.74, 6) is -0.599. The summed E-state index contributed by atoms with van der Waals surface area (Å²) in [6.07, 6.45) is 1.28. The molecule has 102 valence electrons. The van der Waals surface area contributed by atoms with Crippen molar-refractivity contribution in [2.24, 2.45) is 5.10 Å². The first-order valence-electron chi connectivity index (χ1n) is 5.23. The lowest BCUT2D eigenvalue weighted by Gasteiger charge is -1.96. The second kappa shape index (κ2) is 5.84. The highest BCUT2D eigenvalue weighted by atomic mass is 32.1. The zero-order valence-electron chi connectivity index (χ0n) is 9.89. The maximum Gasteiger partial charge on any atom is 0.295 e. The van der Waals surface area contributed by atoms with Gasteiger partial charge in [-0.25, -0.2) is 5.43 Å². The van der Waals surface area contributed by atoms with E-state index in [1.807, 2.05) is 0 Å². The smallest absolute Gasteiger partial charge is 0.295 e. The van der Waals surface area contributed by atoms with E-state index in [-0.39, 0.29) is 16.4 Å². The summed E-state index contributed by atoms with van der Waals surface area (Å²) in [5.41, 5.74) is 8.10. The van der Waals surface area contributed by atoms with Crippen LogP contribution < -0.4 is 11.2 Å². The first kappa shape index (κ1) is 13.5. The summed E-state index contributed by atoms with van der Waals surface area (Å²) in [5, 5.41) is 18.0. The quantitative estimate of drug-likeness (QED) is 0.485. The van der Waals surface area contributed by atoms with Crippen molar-refractivity contribution in [2.45, 2.75) is 0 Å². The number of hydrogen-bond donors (Lipinski definition) is 2. The number of nitrogens with one attached hydrogen (secondary N) is 1. The molecule has 1 aromatic carbocycles. The summed E-state index contributed by atoms with van der Waals surface area (Å²) in [4.78, 5) is 21.7. The van der Waals surface area contributed by atoms with Crippen LogP contribution in [0.1, 0.15) is 16.1 Å². The zero-order chi connectivity index (χ0) is 14.5. The molecule has 0 saturated heterocycles. The minimum Gasteiger partial charge on any atom is -0.387 e. The fourth-order valence-electron chi connectivity index (χ4n) is 1.29. The van der Waals surface area contributed by atoms with Gasteiger partial charge in [0.15, 0.2) is 5.69 Å². The molecule has 0 spiro atoms. The highest BCUT2D eigenvalue weighted by molar-refractivity contribution is 7.10. The van der Waals surface area contributed by atoms with E-state index in [0.29, 0.717) is 5.56 Å². The Balaban J connectivity index is 2.04. The molecule has 0 atom stereocenters. The number of rotatable bonds is 4. The minimum absolute atomic E-state index is 0.00816. The van der Waals surface area contributed by atoms with Crippen LogP contribution in [0.15, 0.2) is 29.4 Å². The number of carbonyl (C=O) groups is 1. The lowest BCUT2D eigenvalue weighted by Crippen LogP contribution is -2.19. The number of amides is 1. The topological polar surface area (TPSA) is 136 Å². The third kappa shape index (κ3) is 3.11. The van der Waals surface area contributed by atoms with Gasteiger partial charge in [-0.1, -0.05) is 16.6 Å². The number of benzene rings is 1. The monoisotopic (exact) mass is 292 g/mol. The number of nitro benzene ring substituents is 1. The Morgan fingerprint density at radius 2 is 2.35 bits per heavy atom. The van der Waals surface area contributed by atoms with Crippen molar-refractivity contribution in [1.82, 2.24) is 15.0 Å². The van der Waals surface area contributed by atoms with Crippen LogP contribution in [0.4, 0.5) is 10.7 Å². The van der Waals surface area contributed by atoms with Gasteiger partial charge in [-0.15, -0.1) is 5.10 Å². The van der Waals surface area contributed by atoms with Crippen molar-refractivity contribution in [3.63, 3.8) is 0 Å². The lowest BCUT2D eigenvalue weighted by molar-refractivity contribution is -0.384. The second-order valence-corrected chi connectivity index (χ2v) is 4.32. The minimum atomic E-state index is -0.599. The molecule has 0 aliphatic rings. The Morgan fingerprint density at radius 3 is 3.00 bits per heavy atom. The van der Waals surface area contributed by atoms with Crippen molar-refractivity contribution >= 4 is 34.3 Å². The van der Waals surface area contributed by atoms with Crippen LogP contribution in [0.5, 0.6) is 0 Å². The molecular formula is C10H8N6O3S. The van der Waals surface area contributed by atoms with Crippen molar-refractivity contribution in [2.75, 3.05) is 5.73 Å². The first-order valence-corrected chi connectivity index (χ1v) is 6.01. The predicted molar refractivity (Wildman–Crippen MR) is 72.5 cm³/mol. The highest BCUT2D eigenvalue weighted by Gasteiger charge is 2.13. The molecule has 2 aromatic rings. The van der Waals surface area contributed by atoms with Crippen molar-refractivity contribution in [3.8, 4) is 0 Å². The van der Waals surface area contributed by atoms with Gasteiger partial charge in [0.1, 0.15) is 5.00 Å². The molecule has 0 unspecified atom stereocenters. The molecule has 0 bridgehead atoms. The van der Waals surface area contributed by atoms with E-state index in [9.17, 15) is 14.9 Å². The van der Waals surface area contributed by atoms with E-state index in [1.165, 1.54) is 24.4 Å². The second-order valence-electron chi connectivity index (χ2n) is 3.54. The highest BCUT2D eigenvalue weighted by Crippen LogP contribution is 2.12. The fraction of sp³-hybridized carbons (Fsp3) is 0. The summed E-state index contributed by atoms with van der Waals surface area (Å²) < 4.78 is 3.52. The van der Waals surface area contributed by atoms with Crippen LogP contribution >= 0.6 is 11.5 Å². The number of non-ortho nitro benzene ring substituents is 1.